The Morgan fingerprint density at radius 3 is 2.23 bits per heavy atom. The third-order valence-electron chi connectivity index (χ3n) is 6.69. The molecule has 2 aliphatic carbocycles. The van der Waals surface area contributed by atoms with Gasteiger partial charge in [-0.15, -0.1) is 0 Å². The van der Waals surface area contributed by atoms with E-state index in [0.29, 0.717) is 19.3 Å². The molecule has 26 heavy (non-hydrogen) atoms. The van der Waals surface area contributed by atoms with E-state index in [1.165, 1.54) is 0 Å². The van der Waals surface area contributed by atoms with Gasteiger partial charge in [0.05, 0.1) is 17.2 Å². The number of ketones is 1. The van der Waals surface area contributed by atoms with Crippen LogP contribution in [0.25, 0.3) is 0 Å². The number of nitrogens with zero attached hydrogens (tertiary/aromatic N) is 1. The third-order valence-corrected chi connectivity index (χ3v) is 6.69. The lowest BCUT2D eigenvalue weighted by Crippen LogP contribution is -2.48. The molecule has 0 bridgehead atoms. The lowest BCUT2D eigenvalue weighted by Gasteiger charge is -2.35. The van der Waals surface area contributed by atoms with Crippen molar-refractivity contribution in [2.45, 2.75) is 76.7 Å². The minimum atomic E-state index is -1.44. The Hall–Kier alpha value is -1.44. The van der Waals surface area contributed by atoms with Crippen LogP contribution in [-0.2, 0) is 18.9 Å². The Labute approximate surface area is 154 Å². The predicted octanol–water partition coefficient (Wildman–Crippen LogP) is 1.77. The Balaban J connectivity index is 1.65. The molecule has 0 aromatic rings. The van der Waals surface area contributed by atoms with Crippen molar-refractivity contribution < 1.29 is 24.0 Å². The van der Waals surface area contributed by atoms with Crippen molar-refractivity contribution in [2.24, 2.45) is 5.92 Å². The third kappa shape index (κ3) is 2.37. The van der Waals surface area contributed by atoms with E-state index in [4.69, 9.17) is 9.31 Å². The van der Waals surface area contributed by atoms with Gasteiger partial charge in [-0.05, 0) is 52.6 Å². The minimum Gasteiger partial charge on any atom is -0.399 e. The Bertz CT molecular complexity index is 727. The molecule has 1 N–H and O–H groups in total. The van der Waals surface area contributed by atoms with Gasteiger partial charge in [0.15, 0.2) is 0 Å². The highest BCUT2D eigenvalue weighted by molar-refractivity contribution is 6.55. The molecule has 2 heterocycles. The number of carbonyl (C=O) groups excluding carboxylic acids is 2. The zero-order valence-corrected chi connectivity index (χ0v) is 16.0. The van der Waals surface area contributed by atoms with Crippen molar-refractivity contribution in [2.75, 3.05) is 0 Å². The van der Waals surface area contributed by atoms with E-state index in [2.05, 4.69) is 0 Å². The fourth-order valence-electron chi connectivity index (χ4n) is 4.14. The first kappa shape index (κ1) is 18.0. The molecule has 0 aromatic heterocycles. The van der Waals surface area contributed by atoms with E-state index in [1.807, 2.05) is 39.8 Å². The largest absolute Gasteiger partial charge is 0.494 e. The number of carbonyl (C=O) groups is 2. The van der Waals surface area contributed by atoms with E-state index >= 15 is 0 Å². The summed E-state index contributed by atoms with van der Waals surface area (Å²) in [6.45, 7) is 9.58. The number of likely N-dealkylation sites (tertiary alicyclic amines) is 1. The van der Waals surface area contributed by atoms with E-state index in [9.17, 15) is 14.7 Å². The highest BCUT2D eigenvalue weighted by atomic mass is 16.7. The molecule has 2 atom stereocenters. The maximum absolute atomic E-state index is 12.8. The molecule has 0 aromatic carbocycles. The van der Waals surface area contributed by atoms with Crippen LogP contribution >= 0.6 is 0 Å². The number of rotatable bonds is 2. The fourth-order valence-corrected chi connectivity index (χ4v) is 4.14. The Morgan fingerprint density at radius 2 is 1.69 bits per heavy atom. The molecule has 0 spiro atoms. The summed E-state index contributed by atoms with van der Waals surface area (Å²) in [6, 6.07) is -0.143. The van der Waals surface area contributed by atoms with Crippen molar-refractivity contribution >= 4 is 18.8 Å². The van der Waals surface area contributed by atoms with Gasteiger partial charge in [0.1, 0.15) is 11.4 Å². The summed E-state index contributed by atoms with van der Waals surface area (Å²) >= 11 is 0. The second-order valence-electron chi connectivity index (χ2n) is 9.07. The van der Waals surface area contributed by atoms with Gasteiger partial charge >= 0.3 is 7.12 Å². The molecule has 4 aliphatic rings. The van der Waals surface area contributed by atoms with Gasteiger partial charge < -0.3 is 19.3 Å². The molecular formula is C19H26BNO5. The highest BCUT2D eigenvalue weighted by Gasteiger charge is 2.58. The topological polar surface area (TPSA) is 76.1 Å². The van der Waals surface area contributed by atoms with E-state index in [0.717, 1.165) is 11.2 Å². The van der Waals surface area contributed by atoms with E-state index in [-0.39, 0.29) is 23.7 Å². The average Bonchev–Trinajstić information content (AvgIpc) is 2.84. The fraction of sp³-hybridized carbons (Fsp3) is 0.684. The summed E-state index contributed by atoms with van der Waals surface area (Å²) in [5.41, 5.74) is -0.668. The number of allylic oxidation sites excluding steroid dienone is 3. The summed E-state index contributed by atoms with van der Waals surface area (Å²) in [5, 5.41) is 10.8. The van der Waals surface area contributed by atoms with E-state index in [1.54, 1.807) is 11.8 Å². The molecule has 3 fully saturated rings. The molecular weight excluding hydrogens is 333 g/mol. The number of fused-ring (bicyclic) bond motifs is 1. The molecule has 7 heteroatoms. The molecule has 140 valence electrons. The monoisotopic (exact) mass is 359 g/mol. The van der Waals surface area contributed by atoms with Crippen molar-refractivity contribution in [3.8, 4) is 0 Å². The van der Waals surface area contributed by atoms with Crippen molar-refractivity contribution in [3.05, 3.63) is 23.3 Å². The molecule has 1 amide bonds. The first-order chi connectivity index (χ1) is 11.9. The Kier molecular flexibility index (Phi) is 3.66. The normalized spacial score (nSPS) is 36.0. The minimum absolute atomic E-state index is 0.143. The molecule has 2 aliphatic heterocycles. The smallest absolute Gasteiger partial charge is 0.399 e. The van der Waals surface area contributed by atoms with Crippen LogP contribution < -0.4 is 0 Å². The first-order valence-corrected chi connectivity index (χ1v) is 9.29. The SMILES string of the molecule is CC1(O)C(=O)N(C2CC(=O)C2)C2=CC(B3OC(C)(C)C(C)(C)O3)=CCC21. The first-order valence-electron chi connectivity index (χ1n) is 9.29. The maximum atomic E-state index is 12.8. The number of Topliss-reactive ketones (excluding diaryl/α,β-unsaturated/α-hetero) is 1. The predicted molar refractivity (Wildman–Crippen MR) is 95.9 cm³/mol. The van der Waals surface area contributed by atoms with Crippen LogP contribution in [0.3, 0.4) is 0 Å². The second-order valence-corrected chi connectivity index (χ2v) is 9.07. The van der Waals surface area contributed by atoms with Gasteiger partial charge in [0, 0.05) is 24.5 Å². The van der Waals surface area contributed by atoms with Crippen LogP contribution in [0.4, 0.5) is 0 Å². The average molecular weight is 359 g/mol. The van der Waals surface area contributed by atoms with Crippen molar-refractivity contribution in [3.63, 3.8) is 0 Å². The van der Waals surface area contributed by atoms with Gasteiger partial charge in [0.2, 0.25) is 0 Å². The van der Waals surface area contributed by atoms with Gasteiger partial charge in [-0.1, -0.05) is 6.08 Å². The van der Waals surface area contributed by atoms with E-state index < -0.39 is 23.9 Å². The standard InChI is InChI=1S/C19H26BNO5/c1-17(2)18(3,4)26-20(25-17)11-6-7-14-15(8-11)21(12-9-13(22)10-12)16(23)19(14,5)24/h6,8,12,14,24H,7,9-10H2,1-5H3. The molecule has 0 radical (unpaired) electrons. The van der Waals surface area contributed by atoms with Crippen molar-refractivity contribution in [1.82, 2.24) is 4.90 Å². The lowest BCUT2D eigenvalue weighted by atomic mass is 9.71. The summed E-state index contributed by atoms with van der Waals surface area (Å²) in [6.07, 6.45) is 5.18. The summed E-state index contributed by atoms with van der Waals surface area (Å²) in [4.78, 5) is 25.9. The van der Waals surface area contributed by atoms with Gasteiger partial charge in [0.25, 0.3) is 5.91 Å². The zero-order chi connectivity index (χ0) is 19.1. The van der Waals surface area contributed by atoms with Gasteiger partial charge in [-0.3, -0.25) is 9.59 Å². The summed E-state index contributed by atoms with van der Waals surface area (Å²) < 4.78 is 12.3. The van der Waals surface area contributed by atoms with Gasteiger partial charge in [-0.2, -0.15) is 0 Å². The summed E-state index contributed by atoms with van der Waals surface area (Å²) in [7, 11) is -0.501. The zero-order valence-electron chi connectivity index (χ0n) is 16.0. The number of hydrogen-bond donors (Lipinski definition) is 1. The number of amides is 1. The maximum Gasteiger partial charge on any atom is 0.494 e. The molecule has 2 unspecified atom stereocenters. The highest BCUT2D eigenvalue weighted by Crippen LogP contribution is 2.47. The summed E-state index contributed by atoms with van der Waals surface area (Å²) in [5.74, 6) is -0.448. The lowest BCUT2D eigenvalue weighted by molar-refractivity contribution is -0.147. The Morgan fingerprint density at radius 1 is 1.12 bits per heavy atom. The number of hydrogen-bond acceptors (Lipinski definition) is 5. The van der Waals surface area contributed by atoms with Crippen LogP contribution in [0, 0.1) is 5.92 Å². The number of aliphatic hydroxyl groups is 1. The van der Waals surface area contributed by atoms with Crippen LogP contribution in [0.15, 0.2) is 23.3 Å². The van der Waals surface area contributed by atoms with Crippen LogP contribution in [-0.4, -0.2) is 51.7 Å². The second kappa shape index (κ2) is 5.30. The van der Waals surface area contributed by atoms with Crippen LogP contribution in [0.2, 0.25) is 0 Å². The molecule has 4 rings (SSSR count). The molecule has 6 nitrogen and oxygen atoms in total. The van der Waals surface area contributed by atoms with Gasteiger partial charge in [-0.25, -0.2) is 0 Å². The molecule has 1 saturated carbocycles. The van der Waals surface area contributed by atoms with Crippen molar-refractivity contribution in [1.29, 1.82) is 0 Å². The van der Waals surface area contributed by atoms with Crippen LogP contribution in [0.5, 0.6) is 0 Å². The molecule has 2 saturated heterocycles. The van der Waals surface area contributed by atoms with Crippen LogP contribution in [0.1, 0.15) is 53.9 Å². The quantitative estimate of drug-likeness (QED) is 0.761.